The number of hydrogen-bond donors (Lipinski definition) is 0. The summed E-state index contributed by atoms with van der Waals surface area (Å²) in [5.74, 6) is 0.0966. The fourth-order valence-electron chi connectivity index (χ4n) is 2.16. The van der Waals surface area contributed by atoms with Crippen molar-refractivity contribution >= 4 is 5.91 Å². The van der Waals surface area contributed by atoms with Gasteiger partial charge < -0.3 is 9.64 Å². The maximum Gasteiger partial charge on any atom is 0.248 e. The standard InChI is InChI=1S/C14H21N3O2/c1-2-19-12-14(18)17-9-7-16(8-10-17)11-13-5-3-4-6-15-13/h3-6H,2,7-12H2,1H3. The zero-order chi connectivity index (χ0) is 13.5. The molecule has 2 rings (SSSR count). The Morgan fingerprint density at radius 3 is 2.74 bits per heavy atom. The molecule has 0 saturated carbocycles. The Morgan fingerprint density at radius 1 is 1.32 bits per heavy atom. The van der Waals surface area contributed by atoms with Gasteiger partial charge in [0.05, 0.1) is 5.69 Å². The first-order valence-corrected chi connectivity index (χ1v) is 6.77. The monoisotopic (exact) mass is 263 g/mol. The SMILES string of the molecule is CCOCC(=O)N1CCN(Cc2ccccn2)CC1. The van der Waals surface area contributed by atoms with Crippen LogP contribution in [0.1, 0.15) is 12.6 Å². The molecule has 19 heavy (non-hydrogen) atoms. The van der Waals surface area contributed by atoms with Gasteiger partial charge in [-0.3, -0.25) is 14.7 Å². The summed E-state index contributed by atoms with van der Waals surface area (Å²) in [6.07, 6.45) is 1.82. The lowest BCUT2D eigenvalue weighted by Gasteiger charge is -2.34. The molecule has 0 bridgehead atoms. The van der Waals surface area contributed by atoms with Crippen LogP contribution in [-0.2, 0) is 16.1 Å². The number of hydrogen-bond acceptors (Lipinski definition) is 4. The molecule has 0 unspecified atom stereocenters. The lowest BCUT2D eigenvalue weighted by atomic mass is 10.2. The minimum atomic E-state index is 0.0966. The second kappa shape index (κ2) is 7.21. The fraction of sp³-hybridized carbons (Fsp3) is 0.571. The van der Waals surface area contributed by atoms with Gasteiger partial charge in [-0.1, -0.05) is 6.07 Å². The van der Waals surface area contributed by atoms with Gasteiger partial charge in [-0.2, -0.15) is 0 Å². The van der Waals surface area contributed by atoms with E-state index in [1.165, 1.54) is 0 Å². The molecule has 1 amide bonds. The highest BCUT2D eigenvalue weighted by Crippen LogP contribution is 2.06. The Bertz CT molecular complexity index is 389. The number of amides is 1. The first kappa shape index (κ1) is 14.0. The van der Waals surface area contributed by atoms with Crippen LogP contribution in [0.2, 0.25) is 0 Å². The summed E-state index contributed by atoms with van der Waals surface area (Å²) in [5.41, 5.74) is 1.08. The van der Waals surface area contributed by atoms with E-state index in [0.717, 1.165) is 38.4 Å². The Balaban J connectivity index is 1.75. The van der Waals surface area contributed by atoms with E-state index in [1.807, 2.05) is 36.2 Å². The number of aromatic nitrogens is 1. The molecule has 0 spiro atoms. The third kappa shape index (κ3) is 4.29. The number of piperazine rings is 1. The molecule has 0 radical (unpaired) electrons. The van der Waals surface area contributed by atoms with Crippen molar-refractivity contribution in [1.82, 2.24) is 14.8 Å². The van der Waals surface area contributed by atoms with E-state index in [-0.39, 0.29) is 12.5 Å². The molecule has 1 fully saturated rings. The van der Waals surface area contributed by atoms with Gasteiger partial charge in [-0.25, -0.2) is 0 Å². The minimum Gasteiger partial charge on any atom is -0.372 e. The van der Waals surface area contributed by atoms with Crippen LogP contribution in [0.25, 0.3) is 0 Å². The van der Waals surface area contributed by atoms with Crippen LogP contribution in [0.5, 0.6) is 0 Å². The smallest absolute Gasteiger partial charge is 0.248 e. The van der Waals surface area contributed by atoms with E-state index in [1.54, 1.807) is 0 Å². The van der Waals surface area contributed by atoms with E-state index < -0.39 is 0 Å². The number of pyridine rings is 1. The summed E-state index contributed by atoms with van der Waals surface area (Å²) in [4.78, 5) is 20.3. The van der Waals surface area contributed by atoms with Crippen molar-refractivity contribution in [2.45, 2.75) is 13.5 Å². The highest BCUT2D eigenvalue weighted by molar-refractivity contribution is 5.77. The largest absolute Gasteiger partial charge is 0.372 e. The molecule has 0 aromatic carbocycles. The van der Waals surface area contributed by atoms with Crippen molar-refractivity contribution in [1.29, 1.82) is 0 Å². The van der Waals surface area contributed by atoms with Crippen LogP contribution in [0, 0.1) is 0 Å². The Hall–Kier alpha value is -1.46. The number of ether oxygens (including phenoxy) is 1. The van der Waals surface area contributed by atoms with Crippen LogP contribution in [0.15, 0.2) is 24.4 Å². The average Bonchev–Trinajstić information content (AvgIpc) is 2.46. The van der Waals surface area contributed by atoms with Gasteiger partial charge in [0.1, 0.15) is 6.61 Å². The summed E-state index contributed by atoms with van der Waals surface area (Å²) in [7, 11) is 0. The van der Waals surface area contributed by atoms with Crippen molar-refractivity contribution in [3.63, 3.8) is 0 Å². The highest BCUT2D eigenvalue weighted by atomic mass is 16.5. The van der Waals surface area contributed by atoms with E-state index in [4.69, 9.17) is 4.74 Å². The summed E-state index contributed by atoms with van der Waals surface area (Å²) < 4.78 is 5.16. The van der Waals surface area contributed by atoms with E-state index in [9.17, 15) is 4.79 Å². The molecule has 1 saturated heterocycles. The topological polar surface area (TPSA) is 45.7 Å². The zero-order valence-electron chi connectivity index (χ0n) is 11.4. The fourth-order valence-corrected chi connectivity index (χ4v) is 2.16. The van der Waals surface area contributed by atoms with Crippen LogP contribution in [0.4, 0.5) is 0 Å². The molecule has 1 aliphatic rings. The summed E-state index contributed by atoms with van der Waals surface area (Å²) in [5, 5.41) is 0. The lowest BCUT2D eigenvalue weighted by molar-refractivity contribution is -0.137. The summed E-state index contributed by atoms with van der Waals surface area (Å²) >= 11 is 0. The molecule has 1 aliphatic heterocycles. The van der Waals surface area contributed by atoms with Crippen LogP contribution in [0.3, 0.4) is 0 Å². The lowest BCUT2D eigenvalue weighted by Crippen LogP contribution is -2.49. The molecule has 0 N–H and O–H groups in total. The number of rotatable bonds is 5. The zero-order valence-corrected chi connectivity index (χ0v) is 11.4. The molecule has 0 atom stereocenters. The maximum absolute atomic E-state index is 11.8. The van der Waals surface area contributed by atoms with E-state index >= 15 is 0 Å². The first-order valence-electron chi connectivity index (χ1n) is 6.77. The molecule has 2 heterocycles. The van der Waals surface area contributed by atoms with Gasteiger partial charge in [-0.15, -0.1) is 0 Å². The van der Waals surface area contributed by atoms with Crippen molar-refractivity contribution in [2.24, 2.45) is 0 Å². The van der Waals surface area contributed by atoms with Crippen LogP contribution >= 0.6 is 0 Å². The van der Waals surface area contributed by atoms with Crippen LogP contribution < -0.4 is 0 Å². The Morgan fingerprint density at radius 2 is 2.11 bits per heavy atom. The second-order valence-corrected chi connectivity index (χ2v) is 4.62. The maximum atomic E-state index is 11.8. The third-order valence-electron chi connectivity index (χ3n) is 3.27. The quantitative estimate of drug-likeness (QED) is 0.787. The number of carbonyl (C=O) groups excluding carboxylic acids is 1. The van der Waals surface area contributed by atoms with Gasteiger partial charge in [-0.05, 0) is 19.1 Å². The van der Waals surface area contributed by atoms with Gasteiger partial charge in [0.15, 0.2) is 0 Å². The van der Waals surface area contributed by atoms with Gasteiger partial charge in [0.25, 0.3) is 0 Å². The summed E-state index contributed by atoms with van der Waals surface area (Å²) in [6.45, 7) is 6.90. The molecule has 5 heteroatoms. The molecule has 104 valence electrons. The molecular weight excluding hydrogens is 242 g/mol. The minimum absolute atomic E-state index is 0.0966. The third-order valence-corrected chi connectivity index (χ3v) is 3.27. The summed E-state index contributed by atoms with van der Waals surface area (Å²) in [6, 6.07) is 5.96. The normalized spacial score (nSPS) is 16.6. The average molecular weight is 263 g/mol. The van der Waals surface area contributed by atoms with E-state index in [0.29, 0.717) is 6.61 Å². The van der Waals surface area contributed by atoms with Crippen molar-refractivity contribution in [3.8, 4) is 0 Å². The molecule has 1 aromatic rings. The number of carbonyl (C=O) groups is 1. The molecule has 0 aliphatic carbocycles. The van der Waals surface area contributed by atoms with Gasteiger partial charge in [0.2, 0.25) is 5.91 Å². The second-order valence-electron chi connectivity index (χ2n) is 4.62. The predicted octanol–water partition coefficient (Wildman–Crippen LogP) is 0.762. The Labute approximate surface area is 114 Å². The van der Waals surface area contributed by atoms with Gasteiger partial charge in [0, 0.05) is 45.5 Å². The van der Waals surface area contributed by atoms with Crippen molar-refractivity contribution < 1.29 is 9.53 Å². The Kier molecular flexibility index (Phi) is 5.30. The van der Waals surface area contributed by atoms with E-state index in [2.05, 4.69) is 9.88 Å². The number of nitrogens with zero attached hydrogens (tertiary/aromatic N) is 3. The highest BCUT2D eigenvalue weighted by Gasteiger charge is 2.20. The first-order chi connectivity index (χ1) is 9.29. The molecular formula is C14H21N3O2. The van der Waals surface area contributed by atoms with Crippen LogP contribution in [-0.4, -0.2) is 60.1 Å². The predicted molar refractivity (Wildman–Crippen MR) is 72.6 cm³/mol. The van der Waals surface area contributed by atoms with Crippen molar-refractivity contribution in [3.05, 3.63) is 30.1 Å². The molecule has 1 aromatic heterocycles. The van der Waals surface area contributed by atoms with Crippen molar-refractivity contribution in [2.75, 3.05) is 39.4 Å². The molecule has 5 nitrogen and oxygen atoms in total. The van der Waals surface area contributed by atoms with Gasteiger partial charge >= 0.3 is 0 Å².